The Morgan fingerprint density at radius 3 is 2.76 bits per heavy atom. The van der Waals surface area contributed by atoms with Gasteiger partial charge in [0.25, 0.3) is 0 Å². The molecule has 3 rings (SSSR count). The zero-order valence-corrected chi connectivity index (χ0v) is 11.2. The number of hydrogen-bond acceptors (Lipinski definition) is 4. The lowest BCUT2D eigenvalue weighted by Gasteiger charge is -2.03. The van der Waals surface area contributed by atoms with E-state index in [1.165, 1.54) is 0 Å². The van der Waals surface area contributed by atoms with Crippen molar-refractivity contribution < 1.29 is 4.74 Å². The molecule has 0 aliphatic carbocycles. The fourth-order valence-electron chi connectivity index (χ4n) is 1.86. The molecule has 3 aromatic rings. The fourth-order valence-corrected chi connectivity index (χ4v) is 1.86. The Kier molecular flexibility index (Phi) is 3.61. The number of nitrogens with zero attached hydrogens (tertiary/aromatic N) is 4. The van der Waals surface area contributed by atoms with Crippen LogP contribution in [0.4, 0.5) is 0 Å². The van der Waals surface area contributed by atoms with Crippen LogP contribution >= 0.6 is 0 Å². The molecular weight excluding hydrogens is 264 g/mol. The lowest BCUT2D eigenvalue weighted by atomic mass is 10.2. The van der Waals surface area contributed by atoms with Crippen LogP contribution in [-0.2, 0) is 6.61 Å². The van der Waals surface area contributed by atoms with Crippen LogP contribution in [0.2, 0.25) is 0 Å². The maximum absolute atomic E-state index is 8.85. The zero-order valence-electron chi connectivity index (χ0n) is 11.2. The summed E-state index contributed by atoms with van der Waals surface area (Å²) in [5, 5.41) is 17.4. The van der Waals surface area contributed by atoms with Crippen molar-refractivity contribution in [1.82, 2.24) is 15.0 Å². The number of benzene rings is 2. The van der Waals surface area contributed by atoms with Crippen LogP contribution in [0.5, 0.6) is 5.75 Å². The molecule has 0 aliphatic rings. The molecule has 0 spiro atoms. The third-order valence-corrected chi connectivity index (χ3v) is 2.88. The van der Waals surface area contributed by atoms with E-state index in [0.717, 1.165) is 11.4 Å². The van der Waals surface area contributed by atoms with E-state index in [4.69, 9.17) is 10.00 Å². The van der Waals surface area contributed by atoms with Gasteiger partial charge in [0, 0.05) is 0 Å². The van der Waals surface area contributed by atoms with Gasteiger partial charge in [-0.3, -0.25) is 0 Å². The Balaban J connectivity index is 1.69. The molecule has 0 amide bonds. The first kappa shape index (κ1) is 12.9. The average molecular weight is 276 g/mol. The summed E-state index contributed by atoms with van der Waals surface area (Å²) < 4.78 is 5.62. The lowest BCUT2D eigenvalue weighted by molar-refractivity contribution is 0.300. The van der Waals surface area contributed by atoms with E-state index in [9.17, 15) is 0 Å². The highest BCUT2D eigenvalue weighted by atomic mass is 16.5. The second-order valence-corrected chi connectivity index (χ2v) is 4.39. The lowest BCUT2D eigenvalue weighted by Crippen LogP contribution is -2.01. The van der Waals surface area contributed by atoms with E-state index in [-0.39, 0.29) is 0 Å². The Morgan fingerprint density at radius 1 is 1.10 bits per heavy atom. The molecule has 0 radical (unpaired) electrons. The molecule has 0 N–H and O–H groups in total. The number of nitriles is 1. The number of rotatable bonds is 4. The first-order chi connectivity index (χ1) is 10.3. The molecule has 0 saturated heterocycles. The molecule has 0 unspecified atom stereocenters. The zero-order chi connectivity index (χ0) is 14.5. The number of ether oxygens (including phenoxy) is 1. The molecule has 0 aliphatic heterocycles. The van der Waals surface area contributed by atoms with Gasteiger partial charge in [-0.05, 0) is 30.3 Å². The van der Waals surface area contributed by atoms with Crippen LogP contribution < -0.4 is 4.74 Å². The predicted octanol–water partition coefficient (Wildman–Crippen LogP) is 2.72. The van der Waals surface area contributed by atoms with Gasteiger partial charge < -0.3 is 4.74 Å². The highest BCUT2D eigenvalue weighted by molar-refractivity contribution is 5.36. The van der Waals surface area contributed by atoms with Gasteiger partial charge in [-0.2, -0.15) is 15.2 Å². The van der Waals surface area contributed by atoms with Gasteiger partial charge >= 0.3 is 0 Å². The minimum atomic E-state index is 0.307. The summed E-state index contributed by atoms with van der Waals surface area (Å²) >= 11 is 0. The van der Waals surface area contributed by atoms with Crippen molar-refractivity contribution in [1.29, 1.82) is 5.26 Å². The summed E-state index contributed by atoms with van der Waals surface area (Å²) in [6.45, 7) is 0.307. The largest absolute Gasteiger partial charge is 0.487 e. The van der Waals surface area contributed by atoms with Gasteiger partial charge in [-0.25, -0.2) is 0 Å². The van der Waals surface area contributed by atoms with Gasteiger partial charge in [0.2, 0.25) is 0 Å². The Hall–Kier alpha value is -3.13. The molecule has 1 heterocycles. The van der Waals surface area contributed by atoms with Crippen molar-refractivity contribution in [3.8, 4) is 17.5 Å². The van der Waals surface area contributed by atoms with Gasteiger partial charge in [0.05, 0.1) is 23.5 Å². The third kappa shape index (κ3) is 3.07. The molecule has 5 nitrogen and oxygen atoms in total. The quantitative estimate of drug-likeness (QED) is 0.735. The van der Waals surface area contributed by atoms with Crippen LogP contribution in [0.1, 0.15) is 11.3 Å². The topological polar surface area (TPSA) is 63.7 Å². The van der Waals surface area contributed by atoms with Crippen LogP contribution in [0.25, 0.3) is 5.69 Å². The van der Waals surface area contributed by atoms with Gasteiger partial charge in [-0.15, -0.1) is 5.10 Å². The van der Waals surface area contributed by atoms with E-state index in [1.54, 1.807) is 29.2 Å². The minimum Gasteiger partial charge on any atom is -0.487 e. The van der Waals surface area contributed by atoms with Crippen molar-refractivity contribution in [2.24, 2.45) is 0 Å². The highest BCUT2D eigenvalue weighted by Gasteiger charge is 2.04. The summed E-state index contributed by atoms with van der Waals surface area (Å²) in [6.07, 6.45) is 1.67. The van der Waals surface area contributed by atoms with Crippen molar-refractivity contribution in [3.63, 3.8) is 0 Å². The summed E-state index contributed by atoms with van der Waals surface area (Å²) in [6, 6.07) is 18.8. The maximum Gasteiger partial charge on any atom is 0.134 e. The molecule has 21 heavy (non-hydrogen) atoms. The second-order valence-electron chi connectivity index (χ2n) is 4.39. The fraction of sp³-hybridized carbons (Fsp3) is 0.0625. The maximum atomic E-state index is 8.85. The van der Waals surface area contributed by atoms with Crippen molar-refractivity contribution in [3.05, 3.63) is 72.1 Å². The average Bonchev–Trinajstić information content (AvgIpc) is 3.03. The predicted molar refractivity (Wildman–Crippen MR) is 76.8 cm³/mol. The summed E-state index contributed by atoms with van der Waals surface area (Å²) in [7, 11) is 0. The molecule has 0 bridgehead atoms. The molecule has 102 valence electrons. The standard InChI is InChI=1S/C16H12N4O/c17-10-13-5-4-8-16(9-13)21-12-14-11-18-20(19-14)15-6-2-1-3-7-15/h1-9,11H,12H2. The Morgan fingerprint density at radius 2 is 1.95 bits per heavy atom. The minimum absolute atomic E-state index is 0.307. The molecule has 0 fully saturated rings. The van der Waals surface area contributed by atoms with Crippen molar-refractivity contribution in [2.45, 2.75) is 6.61 Å². The first-order valence-electron chi connectivity index (χ1n) is 6.45. The molecule has 1 aromatic heterocycles. The number of aromatic nitrogens is 3. The highest BCUT2D eigenvalue weighted by Crippen LogP contribution is 2.14. The van der Waals surface area contributed by atoms with E-state index in [1.807, 2.05) is 36.4 Å². The second kappa shape index (κ2) is 5.88. The van der Waals surface area contributed by atoms with Gasteiger partial charge in [0.1, 0.15) is 18.1 Å². The van der Waals surface area contributed by atoms with E-state index in [2.05, 4.69) is 16.3 Å². The molecule has 0 saturated carbocycles. The van der Waals surface area contributed by atoms with E-state index >= 15 is 0 Å². The van der Waals surface area contributed by atoms with Crippen LogP contribution in [-0.4, -0.2) is 15.0 Å². The van der Waals surface area contributed by atoms with Crippen LogP contribution in [0.3, 0.4) is 0 Å². The monoisotopic (exact) mass is 276 g/mol. The number of hydrogen-bond donors (Lipinski definition) is 0. The third-order valence-electron chi connectivity index (χ3n) is 2.88. The number of para-hydroxylation sites is 1. The Bertz CT molecular complexity index is 774. The van der Waals surface area contributed by atoms with E-state index < -0.39 is 0 Å². The Labute approximate surface area is 122 Å². The summed E-state index contributed by atoms with van der Waals surface area (Å²) in [4.78, 5) is 1.56. The molecule has 2 aromatic carbocycles. The normalized spacial score (nSPS) is 10.0. The van der Waals surface area contributed by atoms with E-state index in [0.29, 0.717) is 17.9 Å². The van der Waals surface area contributed by atoms with Gasteiger partial charge in [-0.1, -0.05) is 24.3 Å². The van der Waals surface area contributed by atoms with Crippen molar-refractivity contribution >= 4 is 0 Å². The summed E-state index contributed by atoms with van der Waals surface area (Å²) in [5.74, 6) is 0.642. The smallest absolute Gasteiger partial charge is 0.134 e. The molecule has 0 atom stereocenters. The van der Waals surface area contributed by atoms with Crippen LogP contribution in [0, 0.1) is 11.3 Å². The van der Waals surface area contributed by atoms with Gasteiger partial charge in [0.15, 0.2) is 0 Å². The molecule has 5 heteroatoms. The first-order valence-corrected chi connectivity index (χ1v) is 6.45. The summed E-state index contributed by atoms with van der Waals surface area (Å²) in [5.41, 5.74) is 2.19. The SMILES string of the molecule is N#Cc1cccc(OCc2cnn(-c3ccccc3)n2)c1. The van der Waals surface area contributed by atoms with Crippen LogP contribution in [0.15, 0.2) is 60.8 Å². The molecular formula is C16H12N4O. The van der Waals surface area contributed by atoms with Crippen molar-refractivity contribution in [2.75, 3.05) is 0 Å².